The van der Waals surface area contributed by atoms with Gasteiger partial charge in [0, 0.05) is 45.3 Å². The molecule has 186 valence electrons. The van der Waals surface area contributed by atoms with Crippen molar-refractivity contribution in [3.63, 3.8) is 0 Å². The molecule has 0 saturated carbocycles. The molecule has 0 radical (unpaired) electrons. The maximum absolute atomic E-state index is 12.9. The Morgan fingerprint density at radius 1 is 1.20 bits per heavy atom. The van der Waals surface area contributed by atoms with Crippen LogP contribution in [0.1, 0.15) is 18.0 Å². The van der Waals surface area contributed by atoms with E-state index in [1.807, 2.05) is 30.3 Å². The summed E-state index contributed by atoms with van der Waals surface area (Å²) in [7, 11) is -0.774. The van der Waals surface area contributed by atoms with Crippen LogP contribution in [0.5, 0.6) is 5.75 Å². The fourth-order valence-corrected chi connectivity index (χ4v) is 5.23. The number of aliphatic hydroxyl groups is 1. The van der Waals surface area contributed by atoms with E-state index in [-0.39, 0.29) is 35.1 Å². The van der Waals surface area contributed by atoms with Crippen LogP contribution in [-0.2, 0) is 14.8 Å². The average Bonchev–Trinajstić information content (AvgIpc) is 3.26. The lowest BCUT2D eigenvalue weighted by molar-refractivity contribution is -0.124. The fraction of sp³-hybridized carbons (Fsp3) is 0.360. The Morgan fingerprint density at radius 3 is 2.66 bits per heavy atom. The fourth-order valence-electron chi connectivity index (χ4n) is 4.19. The first kappa shape index (κ1) is 25.1. The molecule has 0 spiro atoms. The zero-order valence-electron chi connectivity index (χ0n) is 19.8. The van der Waals surface area contributed by atoms with Crippen LogP contribution in [-0.4, -0.2) is 80.1 Å². The summed E-state index contributed by atoms with van der Waals surface area (Å²) < 4.78 is 32.4. The molecule has 1 aliphatic heterocycles. The van der Waals surface area contributed by atoms with Crippen molar-refractivity contribution in [3.05, 3.63) is 66.4 Å². The first-order valence-electron chi connectivity index (χ1n) is 11.4. The number of sulfonamides is 1. The number of aliphatic hydroxyl groups excluding tert-OH is 1. The zero-order valence-corrected chi connectivity index (χ0v) is 20.6. The molecule has 2 aromatic carbocycles. The molecule has 4 rings (SSSR count). The first-order valence-corrected chi connectivity index (χ1v) is 12.9. The van der Waals surface area contributed by atoms with Crippen LogP contribution in [0.2, 0.25) is 0 Å². The summed E-state index contributed by atoms with van der Waals surface area (Å²) in [4.78, 5) is 19.3. The molecule has 1 amide bonds. The molecular weight excluding hydrogens is 468 g/mol. The standard InChI is InChI=1S/C25H30N4O5S/c1-28(2)35(32,33)23-11-10-22(20-9-6-13-26-25(20)23)34-17-24(31)27-21(18-7-4-3-5-8-18)16-29-14-12-19(30)15-29/h3-11,13,19,21,30H,12,14-17H2,1-2H3,(H,27,31)/t19-,21+/m0/s1. The first-order chi connectivity index (χ1) is 16.8. The monoisotopic (exact) mass is 498 g/mol. The van der Waals surface area contributed by atoms with E-state index in [1.54, 1.807) is 18.2 Å². The van der Waals surface area contributed by atoms with Crippen LogP contribution in [0.15, 0.2) is 65.7 Å². The van der Waals surface area contributed by atoms with Gasteiger partial charge in [0.1, 0.15) is 10.6 Å². The van der Waals surface area contributed by atoms with Crippen LogP contribution in [0.3, 0.4) is 0 Å². The SMILES string of the molecule is CN(C)S(=O)(=O)c1ccc(OCC(=O)N[C@H](CN2CC[C@H](O)C2)c2ccccc2)c2cccnc12. The van der Waals surface area contributed by atoms with Gasteiger partial charge >= 0.3 is 0 Å². The number of rotatable bonds is 9. The van der Waals surface area contributed by atoms with Crippen LogP contribution in [0.4, 0.5) is 0 Å². The molecule has 3 aromatic rings. The van der Waals surface area contributed by atoms with Gasteiger partial charge in [0.05, 0.1) is 17.7 Å². The number of hydrogen-bond acceptors (Lipinski definition) is 7. The number of benzene rings is 2. The van der Waals surface area contributed by atoms with E-state index in [2.05, 4.69) is 15.2 Å². The Balaban J connectivity index is 1.50. The van der Waals surface area contributed by atoms with Crippen molar-refractivity contribution in [3.8, 4) is 5.75 Å². The molecule has 2 atom stereocenters. The highest BCUT2D eigenvalue weighted by molar-refractivity contribution is 7.89. The Bertz CT molecular complexity index is 1280. The summed E-state index contributed by atoms with van der Waals surface area (Å²) in [6.45, 7) is 1.70. The Hall–Kier alpha value is -3.05. The summed E-state index contributed by atoms with van der Waals surface area (Å²) in [6.07, 6.45) is 1.90. The molecule has 9 nitrogen and oxygen atoms in total. The second kappa shape index (κ2) is 10.7. The van der Waals surface area contributed by atoms with E-state index in [1.165, 1.54) is 26.4 Å². The van der Waals surface area contributed by atoms with Gasteiger partial charge in [-0.25, -0.2) is 12.7 Å². The average molecular weight is 499 g/mol. The summed E-state index contributed by atoms with van der Waals surface area (Å²) >= 11 is 0. The number of hydrogen-bond donors (Lipinski definition) is 2. The van der Waals surface area contributed by atoms with Crippen molar-refractivity contribution in [1.29, 1.82) is 0 Å². The third kappa shape index (κ3) is 5.79. The number of likely N-dealkylation sites (tertiary alicyclic amines) is 1. The third-order valence-corrected chi connectivity index (χ3v) is 7.88. The lowest BCUT2D eigenvalue weighted by Crippen LogP contribution is -2.39. The third-order valence-electron chi connectivity index (χ3n) is 6.04. The number of carbonyl (C=O) groups excluding carboxylic acids is 1. The number of ether oxygens (including phenoxy) is 1. The van der Waals surface area contributed by atoms with Gasteiger partial charge in [-0.15, -0.1) is 0 Å². The van der Waals surface area contributed by atoms with Crippen molar-refractivity contribution >= 4 is 26.8 Å². The number of aromatic nitrogens is 1. The molecule has 1 aromatic heterocycles. The topological polar surface area (TPSA) is 112 Å². The van der Waals surface area contributed by atoms with E-state index < -0.39 is 10.0 Å². The second-order valence-corrected chi connectivity index (χ2v) is 10.9. The highest BCUT2D eigenvalue weighted by atomic mass is 32.2. The van der Waals surface area contributed by atoms with Crippen molar-refractivity contribution in [2.75, 3.05) is 40.3 Å². The van der Waals surface area contributed by atoms with E-state index >= 15 is 0 Å². The van der Waals surface area contributed by atoms with Gasteiger partial charge in [-0.1, -0.05) is 30.3 Å². The smallest absolute Gasteiger partial charge is 0.258 e. The van der Waals surface area contributed by atoms with Gasteiger partial charge in [-0.05, 0) is 36.2 Å². The predicted octanol–water partition coefficient (Wildman–Crippen LogP) is 1.79. The lowest BCUT2D eigenvalue weighted by Gasteiger charge is -2.25. The predicted molar refractivity (Wildman–Crippen MR) is 133 cm³/mol. The van der Waals surface area contributed by atoms with Crippen molar-refractivity contribution in [2.45, 2.75) is 23.5 Å². The molecule has 35 heavy (non-hydrogen) atoms. The number of β-amino-alcohol motifs (C(OH)–C–C–N with tert-alkyl or cyclic N) is 1. The molecule has 1 fully saturated rings. The molecule has 1 saturated heterocycles. The molecule has 1 aliphatic rings. The number of amides is 1. The molecular formula is C25H30N4O5S. The lowest BCUT2D eigenvalue weighted by atomic mass is 10.1. The number of nitrogens with zero attached hydrogens (tertiary/aromatic N) is 3. The van der Waals surface area contributed by atoms with Crippen LogP contribution >= 0.6 is 0 Å². The highest BCUT2D eigenvalue weighted by Crippen LogP contribution is 2.30. The molecule has 0 bridgehead atoms. The molecule has 0 unspecified atom stereocenters. The number of fused-ring (bicyclic) bond motifs is 1. The van der Waals surface area contributed by atoms with E-state index in [0.29, 0.717) is 24.2 Å². The maximum Gasteiger partial charge on any atom is 0.258 e. The van der Waals surface area contributed by atoms with E-state index in [0.717, 1.165) is 22.8 Å². The minimum Gasteiger partial charge on any atom is -0.483 e. The number of pyridine rings is 1. The van der Waals surface area contributed by atoms with Crippen LogP contribution in [0, 0.1) is 0 Å². The molecule has 0 aliphatic carbocycles. The summed E-state index contributed by atoms with van der Waals surface area (Å²) in [5.74, 6) is 0.0699. The largest absolute Gasteiger partial charge is 0.483 e. The van der Waals surface area contributed by atoms with E-state index in [4.69, 9.17) is 4.74 Å². The van der Waals surface area contributed by atoms with Gasteiger partial charge in [-0.3, -0.25) is 14.7 Å². The summed E-state index contributed by atoms with van der Waals surface area (Å²) in [6, 6.07) is 15.8. The van der Waals surface area contributed by atoms with Gasteiger partial charge < -0.3 is 15.2 Å². The zero-order chi connectivity index (χ0) is 25.0. The molecule has 2 heterocycles. The van der Waals surface area contributed by atoms with E-state index in [9.17, 15) is 18.3 Å². The highest BCUT2D eigenvalue weighted by Gasteiger charge is 2.26. The van der Waals surface area contributed by atoms with Gasteiger partial charge in [0.2, 0.25) is 10.0 Å². The van der Waals surface area contributed by atoms with Crippen LogP contribution < -0.4 is 10.1 Å². The van der Waals surface area contributed by atoms with Crippen molar-refractivity contribution in [2.24, 2.45) is 0 Å². The Kier molecular flexibility index (Phi) is 7.66. The molecule has 10 heteroatoms. The van der Waals surface area contributed by atoms with Crippen LogP contribution in [0.25, 0.3) is 10.9 Å². The minimum atomic E-state index is -3.70. The van der Waals surface area contributed by atoms with Gasteiger partial charge in [-0.2, -0.15) is 0 Å². The van der Waals surface area contributed by atoms with Crippen molar-refractivity contribution in [1.82, 2.24) is 19.5 Å². The molecule has 2 N–H and O–H groups in total. The summed E-state index contributed by atoms with van der Waals surface area (Å²) in [5.41, 5.74) is 1.25. The quantitative estimate of drug-likeness (QED) is 0.463. The normalized spacial score (nSPS) is 17.5. The van der Waals surface area contributed by atoms with Crippen molar-refractivity contribution < 1.29 is 23.1 Å². The number of nitrogens with one attached hydrogen (secondary N) is 1. The Labute approximate surface area is 205 Å². The minimum absolute atomic E-state index is 0.0758. The van der Waals surface area contributed by atoms with Gasteiger partial charge in [0.25, 0.3) is 5.91 Å². The second-order valence-electron chi connectivity index (χ2n) is 8.77. The summed E-state index contributed by atoms with van der Waals surface area (Å²) in [5, 5.41) is 13.4. The maximum atomic E-state index is 12.9. The van der Waals surface area contributed by atoms with Gasteiger partial charge in [0.15, 0.2) is 6.61 Å². The Morgan fingerprint density at radius 2 is 1.97 bits per heavy atom. The number of carbonyl (C=O) groups is 1.